The minimum Gasteiger partial charge on any atom is -0.480 e. The number of nitrogens with one attached hydrogen (secondary N) is 1. The molecular formula is C9H18NO5P. The SMILES string of the molecule is COP(=O)(C[C@@H]1CCN[C@H](C(=O)O)C1)OC. The highest BCUT2D eigenvalue weighted by molar-refractivity contribution is 7.53. The van der Waals surface area contributed by atoms with Crippen LogP contribution in [0.1, 0.15) is 12.8 Å². The molecule has 7 heteroatoms. The van der Waals surface area contributed by atoms with Gasteiger partial charge in [0.25, 0.3) is 0 Å². The van der Waals surface area contributed by atoms with E-state index in [9.17, 15) is 9.36 Å². The van der Waals surface area contributed by atoms with Crippen molar-refractivity contribution in [3.63, 3.8) is 0 Å². The predicted octanol–water partition coefficient (Wildman–Crippen LogP) is 0.925. The summed E-state index contributed by atoms with van der Waals surface area (Å²) in [6.45, 7) is 0.620. The van der Waals surface area contributed by atoms with Crippen LogP contribution in [0.5, 0.6) is 0 Å². The zero-order valence-electron chi connectivity index (χ0n) is 9.51. The molecule has 2 N–H and O–H groups in total. The smallest absolute Gasteiger partial charge is 0.330 e. The molecular weight excluding hydrogens is 233 g/mol. The minimum atomic E-state index is -3.03. The van der Waals surface area contributed by atoms with Crippen molar-refractivity contribution in [1.29, 1.82) is 0 Å². The second-order valence-electron chi connectivity index (χ2n) is 3.89. The Bertz CT molecular complexity index is 288. The van der Waals surface area contributed by atoms with E-state index in [0.717, 1.165) is 6.42 Å². The zero-order valence-corrected chi connectivity index (χ0v) is 10.4. The molecule has 6 nitrogen and oxygen atoms in total. The fraction of sp³-hybridized carbons (Fsp3) is 0.889. The fourth-order valence-electron chi connectivity index (χ4n) is 1.89. The third kappa shape index (κ3) is 3.56. The Morgan fingerprint density at radius 1 is 1.50 bits per heavy atom. The monoisotopic (exact) mass is 251 g/mol. The lowest BCUT2D eigenvalue weighted by Gasteiger charge is -2.29. The molecule has 16 heavy (non-hydrogen) atoms. The summed E-state index contributed by atoms with van der Waals surface area (Å²) in [4.78, 5) is 10.8. The number of piperidine rings is 1. The van der Waals surface area contributed by atoms with Gasteiger partial charge >= 0.3 is 13.6 Å². The van der Waals surface area contributed by atoms with E-state index in [-0.39, 0.29) is 12.1 Å². The zero-order chi connectivity index (χ0) is 12.2. The number of hydrogen-bond acceptors (Lipinski definition) is 5. The van der Waals surface area contributed by atoms with Crippen LogP contribution in [0.4, 0.5) is 0 Å². The molecule has 2 atom stereocenters. The average molecular weight is 251 g/mol. The van der Waals surface area contributed by atoms with Crippen molar-refractivity contribution >= 4 is 13.6 Å². The molecule has 0 spiro atoms. The first-order valence-corrected chi connectivity index (χ1v) is 6.90. The van der Waals surface area contributed by atoms with E-state index in [4.69, 9.17) is 14.2 Å². The van der Waals surface area contributed by atoms with Crippen LogP contribution in [-0.2, 0) is 18.4 Å². The highest BCUT2D eigenvalue weighted by atomic mass is 31.2. The van der Waals surface area contributed by atoms with Gasteiger partial charge in [-0.05, 0) is 25.3 Å². The molecule has 0 aromatic rings. The number of carboxylic acid groups (broad SMARTS) is 1. The summed E-state index contributed by atoms with van der Waals surface area (Å²) in [5.41, 5.74) is 0. The van der Waals surface area contributed by atoms with E-state index in [1.165, 1.54) is 14.2 Å². The van der Waals surface area contributed by atoms with Crippen molar-refractivity contribution in [2.45, 2.75) is 18.9 Å². The van der Waals surface area contributed by atoms with Crippen molar-refractivity contribution in [3.05, 3.63) is 0 Å². The molecule has 0 unspecified atom stereocenters. The van der Waals surface area contributed by atoms with Crippen LogP contribution in [-0.4, -0.2) is 44.0 Å². The van der Waals surface area contributed by atoms with Crippen molar-refractivity contribution in [1.82, 2.24) is 5.32 Å². The number of rotatable bonds is 5. The highest BCUT2D eigenvalue weighted by Crippen LogP contribution is 2.49. The highest BCUT2D eigenvalue weighted by Gasteiger charge is 2.32. The van der Waals surface area contributed by atoms with E-state index in [2.05, 4.69) is 5.32 Å². The number of hydrogen-bond donors (Lipinski definition) is 2. The Morgan fingerprint density at radius 2 is 2.12 bits per heavy atom. The number of aliphatic carboxylic acids is 1. The molecule has 0 aromatic carbocycles. The van der Waals surface area contributed by atoms with Gasteiger partial charge in [0.2, 0.25) is 0 Å². The summed E-state index contributed by atoms with van der Waals surface area (Å²) in [5, 5.41) is 11.8. The minimum absolute atomic E-state index is 0.0630. The maximum atomic E-state index is 11.9. The quantitative estimate of drug-likeness (QED) is 0.707. The van der Waals surface area contributed by atoms with Crippen molar-refractivity contribution in [2.24, 2.45) is 5.92 Å². The van der Waals surface area contributed by atoms with E-state index in [1.54, 1.807) is 0 Å². The van der Waals surface area contributed by atoms with Crippen LogP contribution >= 0.6 is 7.60 Å². The summed E-state index contributed by atoms with van der Waals surface area (Å²) in [5.74, 6) is -0.803. The first-order valence-electron chi connectivity index (χ1n) is 5.17. The Morgan fingerprint density at radius 3 is 2.62 bits per heavy atom. The van der Waals surface area contributed by atoms with Crippen LogP contribution in [0.2, 0.25) is 0 Å². The summed E-state index contributed by atoms with van der Waals surface area (Å²) >= 11 is 0. The van der Waals surface area contributed by atoms with Crippen LogP contribution in [0.3, 0.4) is 0 Å². The molecule has 1 saturated heterocycles. The van der Waals surface area contributed by atoms with E-state index in [0.29, 0.717) is 13.0 Å². The van der Waals surface area contributed by atoms with Crippen molar-refractivity contribution in [3.8, 4) is 0 Å². The van der Waals surface area contributed by atoms with Crippen molar-refractivity contribution < 1.29 is 23.5 Å². The van der Waals surface area contributed by atoms with Gasteiger partial charge in [-0.1, -0.05) is 0 Å². The van der Waals surface area contributed by atoms with Crippen LogP contribution in [0.25, 0.3) is 0 Å². The Labute approximate surface area is 94.8 Å². The summed E-state index contributed by atoms with van der Waals surface area (Å²) < 4.78 is 21.6. The lowest BCUT2D eigenvalue weighted by molar-refractivity contribution is -0.140. The third-order valence-corrected chi connectivity index (χ3v) is 4.92. The van der Waals surface area contributed by atoms with Gasteiger partial charge in [0.15, 0.2) is 0 Å². The molecule has 0 bridgehead atoms. The molecule has 1 heterocycles. The van der Waals surface area contributed by atoms with Gasteiger partial charge in [-0.15, -0.1) is 0 Å². The van der Waals surface area contributed by atoms with Gasteiger partial charge in [-0.3, -0.25) is 9.36 Å². The Balaban J connectivity index is 2.55. The number of carboxylic acids is 1. The van der Waals surface area contributed by atoms with E-state index >= 15 is 0 Å². The predicted molar refractivity (Wildman–Crippen MR) is 58.6 cm³/mol. The Kier molecular flexibility index (Phi) is 4.92. The molecule has 1 fully saturated rings. The molecule has 0 saturated carbocycles. The molecule has 0 aliphatic carbocycles. The maximum Gasteiger partial charge on any atom is 0.330 e. The lowest BCUT2D eigenvalue weighted by Crippen LogP contribution is -2.44. The van der Waals surface area contributed by atoms with Crippen LogP contribution in [0.15, 0.2) is 0 Å². The first kappa shape index (κ1) is 13.6. The molecule has 1 aliphatic heterocycles. The average Bonchev–Trinajstić information content (AvgIpc) is 2.29. The van der Waals surface area contributed by atoms with Gasteiger partial charge in [0.05, 0.1) is 6.16 Å². The molecule has 1 rings (SSSR count). The summed E-state index contributed by atoms with van der Waals surface area (Å²) in [6, 6.07) is -0.555. The van der Waals surface area contributed by atoms with Gasteiger partial charge in [-0.2, -0.15) is 0 Å². The van der Waals surface area contributed by atoms with Gasteiger partial charge in [0, 0.05) is 14.2 Å². The van der Waals surface area contributed by atoms with E-state index in [1.807, 2.05) is 0 Å². The standard InChI is InChI=1S/C9H18NO5P/c1-14-16(13,15-2)6-7-3-4-10-8(5-7)9(11)12/h7-8,10H,3-6H2,1-2H3,(H,11,12)/t7-,8+/m1/s1. The Hall–Kier alpha value is -0.420. The van der Waals surface area contributed by atoms with Gasteiger partial charge < -0.3 is 19.5 Å². The third-order valence-electron chi connectivity index (χ3n) is 2.85. The first-order chi connectivity index (χ1) is 7.50. The number of carbonyl (C=O) groups is 1. The van der Waals surface area contributed by atoms with E-state index < -0.39 is 19.6 Å². The maximum absolute atomic E-state index is 11.9. The van der Waals surface area contributed by atoms with Crippen molar-refractivity contribution in [2.75, 3.05) is 26.9 Å². The second kappa shape index (κ2) is 5.77. The largest absolute Gasteiger partial charge is 0.480 e. The van der Waals surface area contributed by atoms with Crippen LogP contribution < -0.4 is 5.32 Å². The molecule has 0 amide bonds. The topological polar surface area (TPSA) is 84.9 Å². The molecule has 0 radical (unpaired) electrons. The van der Waals surface area contributed by atoms with Gasteiger partial charge in [-0.25, -0.2) is 0 Å². The second-order valence-corrected chi connectivity index (χ2v) is 6.21. The lowest BCUT2D eigenvalue weighted by atomic mass is 9.94. The van der Waals surface area contributed by atoms with Crippen LogP contribution in [0, 0.1) is 5.92 Å². The normalized spacial score (nSPS) is 26.6. The molecule has 94 valence electrons. The fourth-order valence-corrected chi connectivity index (χ4v) is 3.30. The molecule has 0 aromatic heterocycles. The summed E-state index contributed by atoms with van der Waals surface area (Å²) in [7, 11) is -0.333. The molecule has 1 aliphatic rings. The van der Waals surface area contributed by atoms with Gasteiger partial charge in [0.1, 0.15) is 6.04 Å². The summed E-state index contributed by atoms with van der Waals surface area (Å²) in [6.07, 6.45) is 1.54.